The van der Waals surface area contributed by atoms with Gasteiger partial charge in [0, 0.05) is 0 Å². The minimum absolute atomic E-state index is 0.154. The SMILES string of the molecule is Cc1cc(C)c([P+]2(c3c(C)cc(C)cc3C)[C@H]3CCCC[C@@H]3[B-](c3c(F)c(F)c(F)c(F)c3F)(c3c(F)c(F)c(F)c(F)c3F)N2O[C@@H](C)c2ccccc2)c(C)c1. The van der Waals surface area contributed by atoms with E-state index in [2.05, 4.69) is 0 Å². The van der Waals surface area contributed by atoms with Crippen LogP contribution in [0.15, 0.2) is 54.6 Å². The van der Waals surface area contributed by atoms with Crippen LogP contribution in [0.25, 0.3) is 0 Å². The Morgan fingerprint density at radius 2 is 0.914 bits per heavy atom. The Labute approximate surface area is 331 Å². The second-order valence-corrected chi connectivity index (χ2v) is 19.3. The van der Waals surface area contributed by atoms with Crippen LogP contribution in [-0.2, 0) is 4.84 Å². The summed E-state index contributed by atoms with van der Waals surface area (Å²) < 4.78 is 163. The highest BCUT2D eigenvalue weighted by Crippen LogP contribution is 2.79. The van der Waals surface area contributed by atoms with E-state index in [0.29, 0.717) is 44.8 Å². The van der Waals surface area contributed by atoms with Gasteiger partial charge in [0.25, 0.3) is 0 Å². The molecule has 306 valence electrons. The molecule has 2 nitrogen and oxygen atoms in total. The topological polar surface area (TPSA) is 12.5 Å². The molecule has 1 heterocycles. The Kier molecular flexibility index (Phi) is 10.9. The number of nitrogens with zero attached hydrogens (tertiary/aromatic N) is 1. The zero-order valence-electron chi connectivity index (χ0n) is 32.9. The Morgan fingerprint density at radius 3 is 1.31 bits per heavy atom. The first-order chi connectivity index (χ1) is 27.3. The van der Waals surface area contributed by atoms with E-state index in [4.69, 9.17) is 4.84 Å². The predicted octanol–water partition coefficient (Wildman–Crippen LogP) is 10.9. The molecule has 58 heavy (non-hydrogen) atoms. The van der Waals surface area contributed by atoms with E-state index >= 15 is 43.9 Å². The number of hydrogen-bond acceptors (Lipinski definition) is 2. The van der Waals surface area contributed by atoms with Gasteiger partial charge in [-0.1, -0.05) is 84.4 Å². The highest BCUT2D eigenvalue weighted by molar-refractivity contribution is 7.91. The van der Waals surface area contributed by atoms with E-state index in [-0.39, 0.29) is 19.3 Å². The van der Waals surface area contributed by atoms with Crippen LogP contribution >= 0.6 is 7.41 Å². The Hall–Kier alpha value is -4.19. The lowest BCUT2D eigenvalue weighted by atomic mass is 9.20. The van der Waals surface area contributed by atoms with Crippen molar-refractivity contribution in [2.45, 2.75) is 91.7 Å². The van der Waals surface area contributed by atoms with Crippen LogP contribution in [0.5, 0.6) is 0 Å². The largest absolute Gasteiger partial charge is 0.298 e. The first-order valence-corrected chi connectivity index (χ1v) is 20.9. The summed E-state index contributed by atoms with van der Waals surface area (Å²) in [5.41, 5.74) is 0.207. The molecule has 2 fully saturated rings. The van der Waals surface area contributed by atoms with Crippen molar-refractivity contribution in [3.8, 4) is 0 Å². The van der Waals surface area contributed by atoms with E-state index in [0.717, 1.165) is 15.9 Å². The molecule has 14 heteroatoms. The van der Waals surface area contributed by atoms with Gasteiger partial charge in [0.05, 0.1) is 5.66 Å². The number of aryl methyl sites for hydroxylation is 6. The maximum Gasteiger partial charge on any atom is 0.212 e. The van der Waals surface area contributed by atoms with Crippen molar-refractivity contribution in [1.29, 1.82) is 0 Å². The van der Waals surface area contributed by atoms with Crippen LogP contribution in [0.3, 0.4) is 0 Å². The van der Waals surface area contributed by atoms with Gasteiger partial charge in [-0.15, -0.1) is 10.9 Å². The van der Waals surface area contributed by atoms with Gasteiger partial charge in [-0.3, -0.25) is 4.84 Å². The third-order valence-corrected chi connectivity index (χ3v) is 17.9. The average Bonchev–Trinajstić information content (AvgIpc) is 3.40. The van der Waals surface area contributed by atoms with Crippen molar-refractivity contribution < 1.29 is 48.7 Å². The summed E-state index contributed by atoms with van der Waals surface area (Å²) in [6.45, 7) is 12.4. The lowest BCUT2D eigenvalue weighted by molar-refractivity contribution is -0.0728. The molecule has 0 radical (unpaired) electrons. The Bertz CT molecular complexity index is 2250. The monoisotopic (exact) mass is 831 g/mol. The van der Waals surface area contributed by atoms with E-state index in [1.54, 1.807) is 58.0 Å². The number of fused-ring (bicyclic) bond motifs is 1. The van der Waals surface area contributed by atoms with Gasteiger partial charge in [-0.25, -0.2) is 48.6 Å². The summed E-state index contributed by atoms with van der Waals surface area (Å²) in [6, 6.07) is 15.7. The number of hydrogen-bond donors (Lipinski definition) is 0. The fourth-order valence-electron chi connectivity index (χ4n) is 10.8. The molecule has 0 bridgehead atoms. The van der Waals surface area contributed by atoms with Gasteiger partial charge >= 0.3 is 0 Å². The van der Waals surface area contributed by atoms with Gasteiger partial charge in [-0.05, 0) is 89.1 Å². The third kappa shape index (κ3) is 5.88. The third-order valence-electron chi connectivity index (χ3n) is 12.4. The molecule has 1 saturated heterocycles. The Balaban J connectivity index is 1.85. The van der Waals surface area contributed by atoms with Crippen LogP contribution in [0, 0.1) is 99.7 Å². The van der Waals surface area contributed by atoms with E-state index < -0.39 is 100 Å². The molecule has 7 rings (SSSR count). The second kappa shape index (κ2) is 15.1. The second-order valence-electron chi connectivity index (χ2n) is 16.0. The molecular weight excluding hydrogens is 790 g/mol. The van der Waals surface area contributed by atoms with Gasteiger partial charge in [0.1, 0.15) is 47.4 Å². The quantitative estimate of drug-likeness (QED) is 0.0533. The lowest BCUT2D eigenvalue weighted by Crippen LogP contribution is -2.73. The number of halogens is 10. The van der Waals surface area contributed by atoms with Gasteiger partial charge in [0.2, 0.25) is 6.28 Å². The fourth-order valence-corrected chi connectivity index (χ4v) is 17.5. The highest BCUT2D eigenvalue weighted by Gasteiger charge is 2.75. The van der Waals surface area contributed by atoms with Crippen LogP contribution < -0.4 is 21.5 Å². The van der Waals surface area contributed by atoms with E-state index in [9.17, 15) is 0 Å². The zero-order chi connectivity index (χ0) is 42.3. The van der Waals surface area contributed by atoms with Crippen molar-refractivity contribution in [3.63, 3.8) is 0 Å². The van der Waals surface area contributed by atoms with Gasteiger partial charge < -0.3 is 0 Å². The summed E-state index contributed by atoms with van der Waals surface area (Å²) in [6.07, 6.45) is -5.00. The molecule has 0 unspecified atom stereocenters. The molecule has 5 aromatic rings. The molecule has 0 N–H and O–H groups in total. The standard InChI is InChI=1S/C44H41BF10NOP/c1-21-17-23(3)43(24(4)18-21)58(44-25(5)19-22(2)20-26(44)6)30-16-12-11-15-29(30)45(31-33(46)37(50)41(54)38(51)34(31)47,32-35(48)39(52)42(55)40(53)36(32)49)56(58)57-27(7)28-13-9-8-10-14-28/h8-10,13-14,17-20,27,29-30H,11-12,15-16H2,1-7H3/t27-,29-,30-/m0/s1. The molecule has 3 atom stereocenters. The van der Waals surface area contributed by atoms with Crippen molar-refractivity contribution in [2.75, 3.05) is 0 Å². The summed E-state index contributed by atoms with van der Waals surface area (Å²) in [5.74, 6) is -26.2. The maximum atomic E-state index is 17.1. The summed E-state index contributed by atoms with van der Waals surface area (Å²) in [7, 11) is -3.98. The van der Waals surface area contributed by atoms with Crippen LogP contribution in [0.1, 0.15) is 77.7 Å². The fraction of sp³-hybridized carbons (Fsp3) is 0.318. The molecule has 1 aliphatic carbocycles. The smallest absolute Gasteiger partial charge is 0.212 e. The summed E-state index contributed by atoms with van der Waals surface area (Å²) >= 11 is 0. The van der Waals surface area contributed by atoms with Crippen molar-refractivity contribution in [3.05, 3.63) is 152 Å². The molecular formula is C44H41BF10NOP. The maximum absolute atomic E-state index is 17.1. The summed E-state index contributed by atoms with van der Waals surface area (Å²) in [4.78, 5) is 7.03. The van der Waals surface area contributed by atoms with E-state index in [1.807, 2.05) is 38.1 Å². The van der Waals surface area contributed by atoms with Crippen LogP contribution in [0.4, 0.5) is 43.9 Å². The molecule has 1 aliphatic heterocycles. The van der Waals surface area contributed by atoms with E-state index in [1.165, 1.54) is 6.92 Å². The van der Waals surface area contributed by atoms with Crippen molar-refractivity contribution >= 4 is 35.2 Å². The zero-order valence-corrected chi connectivity index (χ0v) is 33.8. The van der Waals surface area contributed by atoms with Crippen molar-refractivity contribution in [1.82, 2.24) is 4.74 Å². The average molecular weight is 832 g/mol. The number of benzene rings is 5. The first kappa shape index (κ1) is 42.0. The predicted molar refractivity (Wildman–Crippen MR) is 209 cm³/mol. The van der Waals surface area contributed by atoms with Crippen LogP contribution in [-0.4, -0.2) is 16.7 Å². The molecule has 0 spiro atoms. The van der Waals surface area contributed by atoms with Crippen molar-refractivity contribution in [2.24, 2.45) is 0 Å². The highest BCUT2D eigenvalue weighted by atomic mass is 31.2. The molecule has 0 aromatic heterocycles. The minimum Gasteiger partial charge on any atom is -0.298 e. The normalized spacial score (nSPS) is 19.4. The number of rotatable bonds is 7. The molecule has 2 aliphatic rings. The summed E-state index contributed by atoms with van der Waals surface area (Å²) in [5, 5.41) is 1.09. The molecule has 0 amide bonds. The van der Waals surface area contributed by atoms with Crippen LogP contribution in [0.2, 0.25) is 5.82 Å². The van der Waals surface area contributed by atoms with Gasteiger partial charge in [0.15, 0.2) is 34.9 Å². The molecule has 5 aromatic carbocycles. The minimum atomic E-state index is -4.54. The Morgan fingerprint density at radius 1 is 0.552 bits per heavy atom. The lowest BCUT2D eigenvalue weighted by Gasteiger charge is -2.50. The first-order valence-electron chi connectivity index (χ1n) is 19.1. The van der Waals surface area contributed by atoms with Gasteiger partial charge in [-0.2, -0.15) is 0 Å². The molecule has 1 saturated carbocycles.